The van der Waals surface area contributed by atoms with Gasteiger partial charge in [-0.15, -0.1) is 0 Å². The van der Waals surface area contributed by atoms with Crippen molar-refractivity contribution in [3.8, 4) is 0 Å². The standard InChI is InChI=1S/C24H33IO2/c1-8-23(4,5)19-10-14-21(15-11-19)25(27-18(3)26)22-16-12-20(13-17-22)24(6,7)9-2/h10-17H,8-9H2,1-7H3. The summed E-state index contributed by atoms with van der Waals surface area (Å²) in [5.41, 5.74) is 2.97. The fourth-order valence-electron chi connectivity index (χ4n) is 2.76. The molecule has 3 heteroatoms. The summed E-state index contributed by atoms with van der Waals surface area (Å²) >= 11 is -2.24. The van der Waals surface area contributed by atoms with E-state index in [2.05, 4.69) is 90.1 Å². The zero-order chi connectivity index (χ0) is 20.2. The number of carbonyl (C=O) groups is 1. The van der Waals surface area contributed by atoms with Crippen molar-refractivity contribution in [1.29, 1.82) is 0 Å². The van der Waals surface area contributed by atoms with Gasteiger partial charge in [0.15, 0.2) is 0 Å². The Balaban J connectivity index is 2.37. The monoisotopic (exact) mass is 480 g/mol. The first-order valence-electron chi connectivity index (χ1n) is 9.70. The van der Waals surface area contributed by atoms with Crippen molar-refractivity contribution in [2.75, 3.05) is 0 Å². The van der Waals surface area contributed by atoms with E-state index in [4.69, 9.17) is 3.07 Å². The van der Waals surface area contributed by atoms with E-state index in [9.17, 15) is 4.79 Å². The van der Waals surface area contributed by atoms with Crippen LogP contribution in [-0.4, -0.2) is 5.97 Å². The zero-order valence-electron chi connectivity index (χ0n) is 17.7. The van der Waals surface area contributed by atoms with Crippen LogP contribution < -0.4 is 0 Å². The topological polar surface area (TPSA) is 26.3 Å². The molecule has 27 heavy (non-hydrogen) atoms. The Hall–Kier alpha value is -1.36. The minimum absolute atomic E-state index is 0.159. The maximum atomic E-state index is 11.8. The molecule has 148 valence electrons. The van der Waals surface area contributed by atoms with Crippen LogP contribution in [0.1, 0.15) is 72.4 Å². The molecular weight excluding hydrogens is 447 g/mol. The predicted octanol–water partition coefficient (Wildman–Crippen LogP) is 7.09. The molecule has 0 unspecified atom stereocenters. The number of hydrogen-bond donors (Lipinski definition) is 0. The third kappa shape index (κ3) is 5.34. The van der Waals surface area contributed by atoms with E-state index in [1.807, 2.05) is 0 Å². The van der Waals surface area contributed by atoms with E-state index in [1.54, 1.807) is 0 Å². The second kappa shape index (κ2) is 8.76. The third-order valence-corrected chi connectivity index (χ3v) is 10.4. The Labute approximate surface area is 172 Å². The normalized spacial score (nSPS) is 12.6. The van der Waals surface area contributed by atoms with Crippen LogP contribution in [0, 0.1) is 7.14 Å². The van der Waals surface area contributed by atoms with Crippen LogP contribution >= 0.6 is 20.2 Å². The van der Waals surface area contributed by atoms with Crippen LogP contribution in [0.5, 0.6) is 0 Å². The molecule has 2 rings (SSSR count). The average Bonchev–Trinajstić information content (AvgIpc) is 2.66. The first-order valence-corrected chi connectivity index (χ1v) is 12.7. The molecule has 0 amide bonds. The third-order valence-electron chi connectivity index (χ3n) is 5.60. The van der Waals surface area contributed by atoms with Gasteiger partial charge in [0.25, 0.3) is 0 Å². The van der Waals surface area contributed by atoms with Crippen LogP contribution in [0.15, 0.2) is 48.5 Å². The predicted molar refractivity (Wildman–Crippen MR) is 123 cm³/mol. The second-order valence-corrected chi connectivity index (χ2v) is 12.7. The van der Waals surface area contributed by atoms with Gasteiger partial charge >= 0.3 is 173 Å². The molecule has 0 bridgehead atoms. The molecule has 2 aromatic rings. The van der Waals surface area contributed by atoms with Gasteiger partial charge in [-0.25, -0.2) is 0 Å². The zero-order valence-corrected chi connectivity index (χ0v) is 19.9. The first-order chi connectivity index (χ1) is 12.6. The van der Waals surface area contributed by atoms with Gasteiger partial charge in [-0.3, -0.25) is 0 Å². The van der Waals surface area contributed by atoms with Crippen molar-refractivity contribution in [3.05, 3.63) is 66.8 Å². The molecule has 2 nitrogen and oxygen atoms in total. The number of benzene rings is 2. The van der Waals surface area contributed by atoms with Gasteiger partial charge in [-0.05, 0) is 0 Å². The maximum absolute atomic E-state index is 11.8. The summed E-state index contributed by atoms with van der Waals surface area (Å²) in [4.78, 5) is 11.8. The van der Waals surface area contributed by atoms with Crippen molar-refractivity contribution in [1.82, 2.24) is 0 Å². The Morgan fingerprint density at radius 3 is 1.37 bits per heavy atom. The molecule has 0 saturated heterocycles. The molecule has 0 atom stereocenters. The first kappa shape index (κ1) is 21.9. The fourth-order valence-corrected chi connectivity index (χ4v) is 6.64. The number of halogens is 1. The average molecular weight is 480 g/mol. The molecule has 0 aliphatic rings. The van der Waals surface area contributed by atoms with E-state index in [0.717, 1.165) is 20.0 Å². The van der Waals surface area contributed by atoms with Gasteiger partial charge in [-0.1, -0.05) is 0 Å². The van der Waals surface area contributed by atoms with Crippen molar-refractivity contribution < 1.29 is 7.86 Å². The Morgan fingerprint density at radius 2 is 1.11 bits per heavy atom. The van der Waals surface area contributed by atoms with E-state index < -0.39 is 20.2 Å². The molecule has 0 aliphatic heterocycles. The van der Waals surface area contributed by atoms with E-state index in [-0.39, 0.29) is 16.8 Å². The van der Waals surface area contributed by atoms with Gasteiger partial charge < -0.3 is 0 Å². The van der Waals surface area contributed by atoms with Crippen LogP contribution in [0.25, 0.3) is 0 Å². The van der Waals surface area contributed by atoms with Crippen LogP contribution in [0.3, 0.4) is 0 Å². The summed E-state index contributed by atoms with van der Waals surface area (Å²) in [6.07, 6.45) is 2.18. The molecule has 0 spiro atoms. The summed E-state index contributed by atoms with van der Waals surface area (Å²) in [5, 5.41) is 0. The summed E-state index contributed by atoms with van der Waals surface area (Å²) in [6, 6.07) is 17.4. The molecule has 2 aromatic carbocycles. The molecule has 0 aliphatic carbocycles. The van der Waals surface area contributed by atoms with Crippen LogP contribution in [0.2, 0.25) is 0 Å². The summed E-state index contributed by atoms with van der Waals surface area (Å²) < 4.78 is 8.16. The molecular formula is C24H33IO2. The minimum atomic E-state index is -2.24. The van der Waals surface area contributed by atoms with Gasteiger partial charge in [0.05, 0.1) is 0 Å². The Bertz CT molecular complexity index is 698. The summed E-state index contributed by atoms with van der Waals surface area (Å²) in [6.45, 7) is 15.0. The van der Waals surface area contributed by atoms with E-state index >= 15 is 0 Å². The van der Waals surface area contributed by atoms with E-state index in [1.165, 1.54) is 18.1 Å². The number of carbonyl (C=O) groups excluding carboxylic acids is 1. The number of hydrogen-bond acceptors (Lipinski definition) is 2. The molecule has 0 heterocycles. The van der Waals surface area contributed by atoms with Crippen LogP contribution in [0.4, 0.5) is 0 Å². The van der Waals surface area contributed by atoms with Crippen molar-refractivity contribution in [2.45, 2.75) is 72.1 Å². The molecule has 0 aromatic heterocycles. The fraction of sp³-hybridized carbons (Fsp3) is 0.458. The molecule has 0 fully saturated rings. The van der Waals surface area contributed by atoms with Crippen molar-refractivity contribution in [2.24, 2.45) is 0 Å². The SMILES string of the molecule is CCC(C)(C)c1ccc(I(OC(C)=O)c2ccc(C(C)(C)CC)cc2)cc1. The van der Waals surface area contributed by atoms with Gasteiger partial charge in [-0.2, -0.15) is 0 Å². The van der Waals surface area contributed by atoms with Gasteiger partial charge in [0.1, 0.15) is 0 Å². The van der Waals surface area contributed by atoms with Gasteiger partial charge in [0.2, 0.25) is 0 Å². The molecule has 0 saturated carbocycles. The number of rotatable bonds is 7. The quantitative estimate of drug-likeness (QED) is 0.396. The summed E-state index contributed by atoms with van der Waals surface area (Å²) in [5.74, 6) is -0.198. The van der Waals surface area contributed by atoms with Gasteiger partial charge in [0, 0.05) is 0 Å². The Kier molecular flexibility index (Phi) is 7.12. The molecule has 0 N–H and O–H groups in total. The van der Waals surface area contributed by atoms with Crippen LogP contribution in [-0.2, 0) is 18.7 Å². The van der Waals surface area contributed by atoms with Crippen molar-refractivity contribution in [3.63, 3.8) is 0 Å². The summed E-state index contributed by atoms with van der Waals surface area (Å²) in [7, 11) is 0. The van der Waals surface area contributed by atoms with Crippen molar-refractivity contribution >= 4 is 26.2 Å². The molecule has 0 radical (unpaired) electrons. The van der Waals surface area contributed by atoms with E-state index in [0.29, 0.717) is 0 Å². The Morgan fingerprint density at radius 1 is 0.778 bits per heavy atom. The second-order valence-electron chi connectivity index (χ2n) is 8.31.